The van der Waals surface area contributed by atoms with Crippen LogP contribution < -0.4 is 5.30 Å². The first kappa shape index (κ1) is 14.4. The monoisotopic (exact) mass is 308 g/mol. The molecule has 0 fully saturated rings. The zero-order chi connectivity index (χ0) is 14.7. The van der Waals surface area contributed by atoms with Gasteiger partial charge < -0.3 is 0 Å². The molecule has 1 unspecified atom stereocenters. The van der Waals surface area contributed by atoms with Crippen molar-refractivity contribution in [2.45, 2.75) is 4.90 Å². The average molecular weight is 308 g/mol. The number of hydrogen-bond donors (Lipinski definition) is 1. The highest BCUT2D eigenvalue weighted by atomic mass is 32.1. The van der Waals surface area contributed by atoms with Gasteiger partial charge in [0, 0.05) is 4.90 Å². The van der Waals surface area contributed by atoms with E-state index in [0.29, 0.717) is 0 Å². The van der Waals surface area contributed by atoms with Crippen LogP contribution in [0.15, 0.2) is 77.7 Å². The predicted molar refractivity (Wildman–Crippen MR) is 98.4 cm³/mol. The van der Waals surface area contributed by atoms with Gasteiger partial charge >= 0.3 is 0 Å². The lowest BCUT2D eigenvalue weighted by molar-refractivity contribution is 1.47. The van der Waals surface area contributed by atoms with Gasteiger partial charge in [-0.05, 0) is 52.4 Å². The quantitative estimate of drug-likeness (QED) is 0.496. The van der Waals surface area contributed by atoms with Crippen molar-refractivity contribution in [1.29, 1.82) is 0 Å². The van der Waals surface area contributed by atoms with Crippen molar-refractivity contribution in [2.75, 3.05) is 6.66 Å². The molecule has 0 amide bonds. The van der Waals surface area contributed by atoms with Gasteiger partial charge in [-0.3, -0.25) is 0 Å². The van der Waals surface area contributed by atoms with Gasteiger partial charge in [-0.15, -0.1) is 12.6 Å². The van der Waals surface area contributed by atoms with Gasteiger partial charge in [-0.25, -0.2) is 0 Å². The van der Waals surface area contributed by atoms with E-state index in [0.717, 1.165) is 13.5 Å². The molecule has 104 valence electrons. The first-order valence-corrected chi connectivity index (χ1v) is 8.89. The third kappa shape index (κ3) is 3.20. The van der Waals surface area contributed by atoms with Crippen LogP contribution >= 0.6 is 21.2 Å². The molecule has 0 nitrogen and oxygen atoms in total. The summed E-state index contributed by atoms with van der Waals surface area (Å²) in [5.74, 6) is 0. The minimum atomic E-state index is 0.778. The second-order valence-electron chi connectivity index (χ2n) is 4.92. The molecule has 0 aliphatic heterocycles. The van der Waals surface area contributed by atoms with Crippen LogP contribution in [0.2, 0.25) is 0 Å². The highest BCUT2D eigenvalue weighted by molar-refractivity contribution is 7.80. The summed E-state index contributed by atoms with van der Waals surface area (Å²) in [6.45, 7) is 2.24. The maximum absolute atomic E-state index is 4.35. The van der Waals surface area contributed by atoms with E-state index in [1.165, 1.54) is 27.6 Å². The maximum atomic E-state index is 4.35. The number of hydrogen-bond acceptors (Lipinski definition) is 1. The summed E-state index contributed by atoms with van der Waals surface area (Å²) in [5, 5.41) is 1.41. The van der Waals surface area contributed by atoms with Crippen molar-refractivity contribution < 1.29 is 0 Å². The molecular formula is C19H17PS. The van der Waals surface area contributed by atoms with E-state index in [9.17, 15) is 0 Å². The van der Waals surface area contributed by atoms with E-state index in [1.807, 2.05) is 12.1 Å². The van der Waals surface area contributed by atoms with Gasteiger partial charge in [0.15, 0.2) is 0 Å². The normalized spacial score (nSPS) is 11.1. The lowest BCUT2D eigenvalue weighted by Gasteiger charge is -2.11. The minimum absolute atomic E-state index is 0.778. The molecule has 0 radical (unpaired) electrons. The summed E-state index contributed by atoms with van der Waals surface area (Å²) in [4.78, 5) is 0.997. The Balaban J connectivity index is 2.05. The molecule has 0 bridgehead atoms. The Hall–Kier alpha value is -1.56. The van der Waals surface area contributed by atoms with Gasteiger partial charge in [0.25, 0.3) is 0 Å². The second-order valence-corrected chi connectivity index (χ2v) is 6.48. The second kappa shape index (κ2) is 6.47. The summed E-state index contributed by atoms with van der Waals surface area (Å²) in [6, 6.07) is 25.7. The van der Waals surface area contributed by atoms with Gasteiger partial charge in [-0.1, -0.05) is 63.2 Å². The van der Waals surface area contributed by atoms with Crippen LogP contribution in [0.3, 0.4) is 0 Å². The SMILES string of the molecule is CPc1cc(-c2ccc(S)cc2)ccc1-c1ccccc1. The van der Waals surface area contributed by atoms with E-state index >= 15 is 0 Å². The van der Waals surface area contributed by atoms with Crippen LogP contribution in [0.25, 0.3) is 22.3 Å². The van der Waals surface area contributed by atoms with Crippen molar-refractivity contribution in [1.82, 2.24) is 0 Å². The summed E-state index contributed by atoms with van der Waals surface area (Å²) in [6.07, 6.45) is 0. The highest BCUT2D eigenvalue weighted by Crippen LogP contribution is 2.27. The number of rotatable bonds is 3. The van der Waals surface area contributed by atoms with Crippen molar-refractivity contribution in [3.05, 3.63) is 72.8 Å². The Morgan fingerprint density at radius 3 is 2.05 bits per heavy atom. The van der Waals surface area contributed by atoms with E-state index in [4.69, 9.17) is 0 Å². The van der Waals surface area contributed by atoms with Crippen molar-refractivity contribution >= 4 is 26.5 Å². The molecule has 0 aliphatic carbocycles. The summed E-state index contributed by atoms with van der Waals surface area (Å²) < 4.78 is 0. The Morgan fingerprint density at radius 1 is 0.714 bits per heavy atom. The van der Waals surface area contributed by atoms with E-state index in [1.54, 1.807) is 0 Å². The Labute approximate surface area is 133 Å². The van der Waals surface area contributed by atoms with E-state index in [-0.39, 0.29) is 0 Å². The fourth-order valence-electron chi connectivity index (χ4n) is 2.45. The molecule has 3 aromatic rings. The van der Waals surface area contributed by atoms with Crippen LogP contribution in [0.1, 0.15) is 0 Å². The highest BCUT2D eigenvalue weighted by Gasteiger charge is 2.06. The van der Waals surface area contributed by atoms with Gasteiger partial charge in [0.05, 0.1) is 0 Å². The van der Waals surface area contributed by atoms with Gasteiger partial charge in [-0.2, -0.15) is 0 Å². The van der Waals surface area contributed by atoms with Crippen molar-refractivity contribution in [2.24, 2.45) is 0 Å². The largest absolute Gasteiger partial charge is 0.143 e. The number of thiol groups is 1. The molecule has 3 rings (SSSR count). The first-order valence-electron chi connectivity index (χ1n) is 6.94. The molecule has 3 aromatic carbocycles. The third-order valence-corrected chi connectivity index (χ3v) is 4.82. The molecule has 21 heavy (non-hydrogen) atoms. The van der Waals surface area contributed by atoms with Crippen LogP contribution in [0.4, 0.5) is 0 Å². The zero-order valence-corrected chi connectivity index (χ0v) is 13.8. The lowest BCUT2D eigenvalue weighted by Crippen LogP contribution is -2.00. The molecule has 2 heteroatoms. The summed E-state index contributed by atoms with van der Waals surface area (Å²) in [7, 11) is 0.778. The van der Waals surface area contributed by atoms with Crippen molar-refractivity contribution in [3.8, 4) is 22.3 Å². The topological polar surface area (TPSA) is 0 Å². The van der Waals surface area contributed by atoms with Crippen LogP contribution in [0.5, 0.6) is 0 Å². The molecule has 0 saturated heterocycles. The third-order valence-electron chi connectivity index (χ3n) is 3.57. The molecule has 0 spiro atoms. The lowest BCUT2D eigenvalue weighted by atomic mass is 10.0. The molecule has 1 atom stereocenters. The maximum Gasteiger partial charge on any atom is 0.00404 e. The molecule has 0 aliphatic rings. The Kier molecular flexibility index (Phi) is 4.43. The molecular weight excluding hydrogens is 291 g/mol. The van der Waals surface area contributed by atoms with E-state index in [2.05, 4.69) is 80.0 Å². The van der Waals surface area contributed by atoms with Crippen molar-refractivity contribution in [3.63, 3.8) is 0 Å². The van der Waals surface area contributed by atoms with Crippen LogP contribution in [0, 0.1) is 0 Å². The standard InChI is InChI=1S/C19H17PS/c1-20-19-13-16(14-7-10-17(21)11-8-14)9-12-18(19)15-5-3-2-4-6-15/h2-13,20-21H,1H3. The van der Waals surface area contributed by atoms with Crippen LogP contribution in [-0.4, -0.2) is 6.66 Å². The molecule has 0 aromatic heterocycles. The van der Waals surface area contributed by atoms with Gasteiger partial charge in [0.2, 0.25) is 0 Å². The summed E-state index contributed by atoms with van der Waals surface area (Å²) in [5.41, 5.74) is 5.14. The fourth-order valence-corrected chi connectivity index (χ4v) is 3.40. The smallest absolute Gasteiger partial charge is 0.00404 e. The summed E-state index contributed by atoms with van der Waals surface area (Å²) >= 11 is 4.35. The predicted octanol–water partition coefficient (Wildman–Crippen LogP) is 5.24. The number of benzene rings is 3. The molecule has 0 heterocycles. The molecule has 0 saturated carbocycles. The van der Waals surface area contributed by atoms with Gasteiger partial charge in [0.1, 0.15) is 0 Å². The Morgan fingerprint density at radius 2 is 1.38 bits per heavy atom. The van der Waals surface area contributed by atoms with E-state index < -0.39 is 0 Å². The van der Waals surface area contributed by atoms with Crippen LogP contribution in [-0.2, 0) is 0 Å². The minimum Gasteiger partial charge on any atom is -0.143 e. The fraction of sp³-hybridized carbons (Fsp3) is 0.0526. The Bertz CT molecular complexity index is 733. The molecule has 0 N–H and O–H groups in total. The average Bonchev–Trinajstić information content (AvgIpc) is 2.56. The first-order chi connectivity index (χ1) is 10.3. The zero-order valence-electron chi connectivity index (χ0n) is 11.9.